The van der Waals surface area contributed by atoms with Crippen LogP contribution in [0.2, 0.25) is 0 Å². The molecule has 0 radical (unpaired) electrons. The van der Waals surface area contributed by atoms with Crippen molar-refractivity contribution in [1.29, 1.82) is 0 Å². The van der Waals surface area contributed by atoms with Crippen molar-refractivity contribution in [2.75, 3.05) is 31.2 Å². The Morgan fingerprint density at radius 3 is 2.62 bits per heavy atom. The van der Waals surface area contributed by atoms with E-state index in [0.717, 1.165) is 35.1 Å². The molecule has 2 aromatic heterocycles. The third kappa shape index (κ3) is 2.57. The Labute approximate surface area is 149 Å². The second kappa shape index (κ2) is 6.04. The first-order valence-corrected chi connectivity index (χ1v) is 8.76. The van der Waals surface area contributed by atoms with Crippen molar-refractivity contribution in [2.24, 2.45) is 0 Å². The largest absolute Gasteiger partial charge is 0.440 e. The van der Waals surface area contributed by atoms with Crippen LogP contribution in [0, 0.1) is 0 Å². The summed E-state index contributed by atoms with van der Waals surface area (Å²) in [5, 5.41) is 1.76. The number of hydrogen-bond acceptors (Lipinski definition) is 4. The number of fused-ring (bicyclic) bond motifs is 2. The lowest BCUT2D eigenvalue weighted by atomic mass is 10.0. The lowest BCUT2D eigenvalue weighted by molar-refractivity contribution is 0.121. The van der Waals surface area contributed by atoms with E-state index < -0.39 is 0 Å². The van der Waals surface area contributed by atoms with Gasteiger partial charge in [-0.3, -0.25) is 4.79 Å². The standard InChI is InChI=1S/C21H18N2O3/c24-19-13-21(23-7-9-25-10-8-23)26-20-12-15(1-3-17(19)20)14-2-4-18-16(11-14)5-6-22-18/h1-6,11-13,22H,7-10H2. The maximum atomic E-state index is 12.5. The fraction of sp³-hybridized carbons (Fsp3) is 0.190. The van der Waals surface area contributed by atoms with Crippen molar-refractivity contribution in [2.45, 2.75) is 0 Å². The molecule has 0 spiro atoms. The van der Waals surface area contributed by atoms with Gasteiger partial charge in [0.25, 0.3) is 0 Å². The molecule has 0 atom stereocenters. The van der Waals surface area contributed by atoms with Gasteiger partial charge in [-0.1, -0.05) is 12.1 Å². The van der Waals surface area contributed by atoms with E-state index in [4.69, 9.17) is 9.15 Å². The number of anilines is 1. The zero-order valence-electron chi connectivity index (χ0n) is 14.2. The van der Waals surface area contributed by atoms with Crippen LogP contribution < -0.4 is 10.3 Å². The first kappa shape index (κ1) is 15.2. The Hall–Kier alpha value is -3.05. The fourth-order valence-corrected chi connectivity index (χ4v) is 3.49. The second-order valence-electron chi connectivity index (χ2n) is 6.54. The highest BCUT2D eigenvalue weighted by atomic mass is 16.5. The van der Waals surface area contributed by atoms with Gasteiger partial charge >= 0.3 is 0 Å². The van der Waals surface area contributed by atoms with Crippen LogP contribution >= 0.6 is 0 Å². The molecule has 5 rings (SSSR count). The highest BCUT2D eigenvalue weighted by Gasteiger charge is 2.15. The van der Waals surface area contributed by atoms with E-state index in [9.17, 15) is 4.79 Å². The van der Waals surface area contributed by atoms with Gasteiger partial charge in [-0.05, 0) is 46.8 Å². The zero-order valence-corrected chi connectivity index (χ0v) is 14.2. The first-order chi connectivity index (χ1) is 12.8. The van der Waals surface area contributed by atoms with Crippen LogP contribution in [0.15, 0.2) is 63.9 Å². The van der Waals surface area contributed by atoms with Gasteiger partial charge in [-0.25, -0.2) is 0 Å². The molecule has 5 heteroatoms. The highest BCUT2D eigenvalue weighted by Crippen LogP contribution is 2.28. The minimum absolute atomic E-state index is 0.0135. The maximum Gasteiger partial charge on any atom is 0.200 e. The van der Waals surface area contributed by atoms with Crippen molar-refractivity contribution in [1.82, 2.24) is 4.98 Å². The molecule has 0 unspecified atom stereocenters. The lowest BCUT2D eigenvalue weighted by Gasteiger charge is -2.27. The van der Waals surface area contributed by atoms with Crippen LogP contribution in [0.3, 0.4) is 0 Å². The monoisotopic (exact) mass is 346 g/mol. The Morgan fingerprint density at radius 1 is 0.923 bits per heavy atom. The molecule has 0 amide bonds. The maximum absolute atomic E-state index is 12.5. The number of aromatic amines is 1. The molecule has 1 aliphatic heterocycles. The van der Waals surface area contributed by atoms with E-state index in [1.54, 1.807) is 6.07 Å². The molecule has 1 N–H and O–H groups in total. The average molecular weight is 346 g/mol. The van der Waals surface area contributed by atoms with E-state index in [-0.39, 0.29) is 5.43 Å². The second-order valence-corrected chi connectivity index (χ2v) is 6.54. The number of hydrogen-bond donors (Lipinski definition) is 1. The van der Waals surface area contributed by atoms with Gasteiger partial charge in [0.1, 0.15) is 5.58 Å². The number of aromatic nitrogens is 1. The van der Waals surface area contributed by atoms with Crippen LogP contribution in [0.5, 0.6) is 0 Å². The Morgan fingerprint density at radius 2 is 1.73 bits per heavy atom. The molecule has 1 saturated heterocycles. The van der Waals surface area contributed by atoms with E-state index >= 15 is 0 Å². The summed E-state index contributed by atoms with van der Waals surface area (Å²) in [6, 6.07) is 15.7. The number of H-pyrrole nitrogens is 1. The molecule has 1 aliphatic rings. The molecule has 3 heterocycles. The van der Waals surface area contributed by atoms with Gasteiger partial charge in [0, 0.05) is 30.9 Å². The summed E-state index contributed by atoms with van der Waals surface area (Å²) >= 11 is 0. The quantitative estimate of drug-likeness (QED) is 0.600. The Balaban J connectivity index is 1.62. The number of nitrogens with one attached hydrogen (secondary N) is 1. The molecular weight excluding hydrogens is 328 g/mol. The highest BCUT2D eigenvalue weighted by molar-refractivity contribution is 5.88. The predicted octanol–water partition coefficient (Wildman–Crippen LogP) is 3.78. The summed E-state index contributed by atoms with van der Waals surface area (Å²) in [5.74, 6) is 0.615. The molecule has 1 fully saturated rings. The summed E-state index contributed by atoms with van der Waals surface area (Å²) in [6.07, 6.45) is 1.93. The van der Waals surface area contributed by atoms with Gasteiger partial charge in [0.2, 0.25) is 0 Å². The predicted molar refractivity (Wildman–Crippen MR) is 103 cm³/mol. The summed E-state index contributed by atoms with van der Waals surface area (Å²) in [6.45, 7) is 2.77. The van der Waals surface area contributed by atoms with Crippen molar-refractivity contribution in [3.05, 3.63) is 65.0 Å². The van der Waals surface area contributed by atoms with E-state index in [1.807, 2.05) is 24.4 Å². The van der Waals surface area contributed by atoms with E-state index in [0.29, 0.717) is 30.1 Å². The zero-order chi connectivity index (χ0) is 17.5. The Bertz CT molecular complexity index is 1150. The topological polar surface area (TPSA) is 58.5 Å². The van der Waals surface area contributed by atoms with Gasteiger partial charge in [0.05, 0.1) is 18.6 Å². The van der Waals surface area contributed by atoms with Gasteiger partial charge < -0.3 is 19.0 Å². The van der Waals surface area contributed by atoms with Gasteiger partial charge in [0.15, 0.2) is 11.3 Å². The van der Waals surface area contributed by atoms with Crippen molar-refractivity contribution < 1.29 is 9.15 Å². The van der Waals surface area contributed by atoms with Crippen LogP contribution in [0.1, 0.15) is 0 Å². The SMILES string of the molecule is O=c1cc(N2CCOCC2)oc2cc(-c3ccc4[nH]ccc4c3)ccc12. The normalized spacial score (nSPS) is 15.0. The van der Waals surface area contributed by atoms with Crippen LogP contribution in [-0.4, -0.2) is 31.3 Å². The van der Waals surface area contributed by atoms with Gasteiger partial charge in [-0.15, -0.1) is 0 Å². The molecule has 0 saturated carbocycles. The summed E-state index contributed by atoms with van der Waals surface area (Å²) < 4.78 is 11.5. The molecule has 0 aliphatic carbocycles. The number of ether oxygens (including phenoxy) is 1. The van der Waals surface area contributed by atoms with Crippen molar-refractivity contribution in [3.8, 4) is 11.1 Å². The molecule has 0 bridgehead atoms. The molecule has 26 heavy (non-hydrogen) atoms. The lowest BCUT2D eigenvalue weighted by Crippen LogP contribution is -2.36. The summed E-state index contributed by atoms with van der Waals surface area (Å²) in [7, 11) is 0. The molecule has 130 valence electrons. The molecule has 5 nitrogen and oxygen atoms in total. The summed E-state index contributed by atoms with van der Waals surface area (Å²) in [5.41, 5.74) is 3.84. The smallest absolute Gasteiger partial charge is 0.200 e. The van der Waals surface area contributed by atoms with Crippen LogP contribution in [0.4, 0.5) is 5.88 Å². The third-order valence-corrected chi connectivity index (χ3v) is 4.93. The minimum Gasteiger partial charge on any atom is -0.440 e. The summed E-state index contributed by atoms with van der Waals surface area (Å²) in [4.78, 5) is 17.8. The van der Waals surface area contributed by atoms with Crippen molar-refractivity contribution in [3.63, 3.8) is 0 Å². The first-order valence-electron chi connectivity index (χ1n) is 8.76. The number of benzene rings is 2. The number of rotatable bonds is 2. The van der Waals surface area contributed by atoms with Crippen LogP contribution in [0.25, 0.3) is 33.0 Å². The molecular formula is C21H18N2O3. The van der Waals surface area contributed by atoms with Crippen molar-refractivity contribution >= 4 is 27.8 Å². The van der Waals surface area contributed by atoms with Gasteiger partial charge in [-0.2, -0.15) is 0 Å². The number of nitrogens with zero attached hydrogens (tertiary/aromatic N) is 1. The van der Waals surface area contributed by atoms with E-state index in [2.05, 4.69) is 34.1 Å². The average Bonchev–Trinajstić information content (AvgIpc) is 3.16. The van der Waals surface area contributed by atoms with E-state index in [1.165, 1.54) is 0 Å². The number of morpholine rings is 1. The molecule has 4 aromatic rings. The third-order valence-electron chi connectivity index (χ3n) is 4.93. The fourth-order valence-electron chi connectivity index (χ4n) is 3.49. The Kier molecular flexibility index (Phi) is 3.53. The van der Waals surface area contributed by atoms with Crippen LogP contribution in [-0.2, 0) is 4.74 Å². The molecule has 2 aromatic carbocycles. The minimum atomic E-state index is -0.0135.